The second kappa shape index (κ2) is 7.15. The second-order valence-corrected chi connectivity index (χ2v) is 5.87. The van der Waals surface area contributed by atoms with E-state index in [0.717, 1.165) is 54.6 Å². The average Bonchev–Trinajstić information content (AvgIpc) is 2.36. The van der Waals surface area contributed by atoms with Crippen LogP contribution in [0.2, 0.25) is 0 Å². The maximum absolute atomic E-state index is 6.00. The predicted molar refractivity (Wildman–Crippen MR) is 81.0 cm³/mol. The predicted octanol–water partition coefficient (Wildman–Crippen LogP) is 3.67. The third-order valence-corrected chi connectivity index (χ3v) is 4.32. The SMILES string of the molecule is COc1cc(Br)c(CCCCN)cc1OC1CCC1. The lowest BCUT2D eigenvalue weighted by Gasteiger charge is -2.27. The Morgan fingerprint density at radius 3 is 2.63 bits per heavy atom. The Labute approximate surface area is 123 Å². The van der Waals surface area contributed by atoms with Gasteiger partial charge in [-0.15, -0.1) is 0 Å². The van der Waals surface area contributed by atoms with Crippen LogP contribution in [0.1, 0.15) is 37.7 Å². The molecule has 0 aliphatic heterocycles. The number of halogens is 1. The maximum atomic E-state index is 6.00. The zero-order valence-corrected chi connectivity index (χ0v) is 13.0. The van der Waals surface area contributed by atoms with Crippen molar-refractivity contribution in [3.05, 3.63) is 22.2 Å². The molecule has 1 aromatic rings. The zero-order chi connectivity index (χ0) is 13.7. The molecule has 1 aliphatic rings. The second-order valence-electron chi connectivity index (χ2n) is 5.01. The van der Waals surface area contributed by atoms with Crippen molar-refractivity contribution in [2.75, 3.05) is 13.7 Å². The third-order valence-electron chi connectivity index (χ3n) is 3.58. The van der Waals surface area contributed by atoms with Gasteiger partial charge < -0.3 is 15.2 Å². The molecule has 106 valence electrons. The largest absolute Gasteiger partial charge is 0.493 e. The van der Waals surface area contributed by atoms with Crippen molar-refractivity contribution in [1.29, 1.82) is 0 Å². The topological polar surface area (TPSA) is 44.5 Å². The lowest BCUT2D eigenvalue weighted by molar-refractivity contribution is 0.116. The standard InChI is InChI=1S/C15H22BrNO2/c1-18-14-10-13(16)11(5-2-3-8-17)9-15(14)19-12-6-4-7-12/h9-10,12H,2-8,17H2,1H3. The molecular weight excluding hydrogens is 306 g/mol. The highest BCUT2D eigenvalue weighted by Gasteiger charge is 2.21. The van der Waals surface area contributed by atoms with Gasteiger partial charge in [-0.25, -0.2) is 0 Å². The van der Waals surface area contributed by atoms with Gasteiger partial charge in [-0.2, -0.15) is 0 Å². The monoisotopic (exact) mass is 327 g/mol. The first-order valence-corrected chi connectivity index (χ1v) is 7.77. The number of hydrogen-bond acceptors (Lipinski definition) is 3. The maximum Gasteiger partial charge on any atom is 0.161 e. The molecule has 4 heteroatoms. The molecule has 0 radical (unpaired) electrons. The Kier molecular flexibility index (Phi) is 5.52. The molecule has 0 aromatic heterocycles. The molecule has 0 bridgehead atoms. The summed E-state index contributed by atoms with van der Waals surface area (Å²) in [5.41, 5.74) is 6.81. The third kappa shape index (κ3) is 3.86. The van der Waals surface area contributed by atoms with Gasteiger partial charge in [0.2, 0.25) is 0 Å². The van der Waals surface area contributed by atoms with Crippen LogP contribution in [0.4, 0.5) is 0 Å². The molecule has 1 aromatic carbocycles. The Balaban J connectivity index is 2.11. The molecule has 0 spiro atoms. The van der Waals surface area contributed by atoms with Gasteiger partial charge in [0.1, 0.15) is 0 Å². The number of hydrogen-bond donors (Lipinski definition) is 1. The van der Waals surface area contributed by atoms with Gasteiger partial charge in [0.25, 0.3) is 0 Å². The van der Waals surface area contributed by atoms with E-state index in [-0.39, 0.29) is 0 Å². The molecule has 1 aliphatic carbocycles. The molecule has 0 atom stereocenters. The van der Waals surface area contributed by atoms with E-state index < -0.39 is 0 Å². The first-order valence-electron chi connectivity index (χ1n) is 6.97. The number of ether oxygens (including phenoxy) is 2. The molecule has 19 heavy (non-hydrogen) atoms. The van der Waals surface area contributed by atoms with Crippen molar-refractivity contribution in [2.24, 2.45) is 5.73 Å². The van der Waals surface area contributed by atoms with Gasteiger partial charge in [-0.3, -0.25) is 0 Å². The van der Waals surface area contributed by atoms with E-state index in [4.69, 9.17) is 15.2 Å². The number of aryl methyl sites for hydroxylation is 1. The van der Waals surface area contributed by atoms with E-state index >= 15 is 0 Å². The smallest absolute Gasteiger partial charge is 0.161 e. The van der Waals surface area contributed by atoms with Crippen LogP contribution >= 0.6 is 15.9 Å². The fourth-order valence-corrected chi connectivity index (χ4v) is 2.67. The van der Waals surface area contributed by atoms with Crippen molar-refractivity contribution in [1.82, 2.24) is 0 Å². The lowest BCUT2D eigenvalue weighted by atomic mass is 9.96. The van der Waals surface area contributed by atoms with Crippen LogP contribution in [0.5, 0.6) is 11.5 Å². The molecule has 2 rings (SSSR count). The van der Waals surface area contributed by atoms with Crippen LogP contribution in [-0.2, 0) is 6.42 Å². The van der Waals surface area contributed by atoms with E-state index in [1.807, 2.05) is 6.07 Å². The van der Waals surface area contributed by atoms with Crippen molar-refractivity contribution in [3.63, 3.8) is 0 Å². The zero-order valence-electron chi connectivity index (χ0n) is 11.5. The fourth-order valence-electron chi connectivity index (χ4n) is 2.15. The van der Waals surface area contributed by atoms with E-state index in [9.17, 15) is 0 Å². The minimum Gasteiger partial charge on any atom is -0.493 e. The summed E-state index contributed by atoms with van der Waals surface area (Å²) >= 11 is 3.60. The van der Waals surface area contributed by atoms with E-state index in [1.54, 1.807) is 7.11 Å². The molecule has 1 fully saturated rings. The highest BCUT2D eigenvalue weighted by Crippen LogP contribution is 2.37. The quantitative estimate of drug-likeness (QED) is 0.777. The normalized spacial score (nSPS) is 15.1. The van der Waals surface area contributed by atoms with Crippen LogP contribution in [0.3, 0.4) is 0 Å². The summed E-state index contributed by atoms with van der Waals surface area (Å²) in [4.78, 5) is 0. The lowest BCUT2D eigenvalue weighted by Crippen LogP contribution is -2.24. The molecule has 0 unspecified atom stereocenters. The highest BCUT2D eigenvalue weighted by atomic mass is 79.9. The van der Waals surface area contributed by atoms with Crippen LogP contribution in [0, 0.1) is 0 Å². The Morgan fingerprint density at radius 1 is 1.26 bits per heavy atom. The molecular formula is C15H22BrNO2. The van der Waals surface area contributed by atoms with Crippen LogP contribution in [0.25, 0.3) is 0 Å². The summed E-state index contributed by atoms with van der Waals surface area (Å²) in [6.45, 7) is 0.749. The van der Waals surface area contributed by atoms with Gasteiger partial charge >= 0.3 is 0 Å². The number of benzene rings is 1. The summed E-state index contributed by atoms with van der Waals surface area (Å²) in [6.07, 6.45) is 7.12. The molecule has 1 saturated carbocycles. The van der Waals surface area contributed by atoms with E-state index in [0.29, 0.717) is 6.10 Å². The molecule has 0 amide bonds. The number of unbranched alkanes of at least 4 members (excludes halogenated alkanes) is 1. The summed E-state index contributed by atoms with van der Waals surface area (Å²) in [7, 11) is 1.68. The van der Waals surface area contributed by atoms with Gasteiger partial charge in [0.05, 0.1) is 13.2 Å². The van der Waals surface area contributed by atoms with E-state index in [1.165, 1.54) is 12.0 Å². The fraction of sp³-hybridized carbons (Fsp3) is 0.600. The van der Waals surface area contributed by atoms with Crippen LogP contribution in [0.15, 0.2) is 16.6 Å². The Hall–Kier alpha value is -0.740. The molecule has 0 heterocycles. The first kappa shape index (κ1) is 14.7. The highest BCUT2D eigenvalue weighted by molar-refractivity contribution is 9.10. The van der Waals surface area contributed by atoms with Gasteiger partial charge in [0.15, 0.2) is 11.5 Å². The van der Waals surface area contributed by atoms with Crippen molar-refractivity contribution in [3.8, 4) is 11.5 Å². The van der Waals surface area contributed by atoms with Crippen molar-refractivity contribution in [2.45, 2.75) is 44.6 Å². The van der Waals surface area contributed by atoms with Gasteiger partial charge in [-0.05, 0) is 62.8 Å². The van der Waals surface area contributed by atoms with Crippen LogP contribution < -0.4 is 15.2 Å². The van der Waals surface area contributed by atoms with Crippen molar-refractivity contribution < 1.29 is 9.47 Å². The van der Waals surface area contributed by atoms with Crippen molar-refractivity contribution >= 4 is 15.9 Å². The molecule has 2 N–H and O–H groups in total. The van der Waals surface area contributed by atoms with Crippen LogP contribution in [-0.4, -0.2) is 19.8 Å². The van der Waals surface area contributed by atoms with E-state index in [2.05, 4.69) is 22.0 Å². The molecule has 0 saturated heterocycles. The Morgan fingerprint density at radius 2 is 2.05 bits per heavy atom. The minimum absolute atomic E-state index is 0.368. The summed E-state index contributed by atoms with van der Waals surface area (Å²) in [6, 6.07) is 4.11. The average molecular weight is 328 g/mol. The summed E-state index contributed by atoms with van der Waals surface area (Å²) < 4.78 is 12.5. The minimum atomic E-state index is 0.368. The first-order chi connectivity index (χ1) is 9.24. The number of methoxy groups -OCH3 is 1. The summed E-state index contributed by atoms with van der Waals surface area (Å²) in [5.74, 6) is 1.68. The number of nitrogens with two attached hydrogens (primary N) is 1. The Bertz CT molecular complexity index is 419. The molecule has 3 nitrogen and oxygen atoms in total. The van der Waals surface area contributed by atoms with Gasteiger partial charge in [-0.1, -0.05) is 15.9 Å². The summed E-state index contributed by atoms with van der Waals surface area (Å²) in [5, 5.41) is 0. The number of rotatable bonds is 7. The van der Waals surface area contributed by atoms with Gasteiger partial charge in [0, 0.05) is 4.47 Å².